The van der Waals surface area contributed by atoms with Gasteiger partial charge in [0, 0.05) is 19.3 Å². The molecule has 0 saturated carbocycles. The van der Waals surface area contributed by atoms with E-state index in [1.807, 2.05) is 0 Å². The molecular formula is C25H28N4O8S. The number of ketones is 1. The van der Waals surface area contributed by atoms with E-state index in [2.05, 4.69) is 15.3 Å². The van der Waals surface area contributed by atoms with Gasteiger partial charge in [0.1, 0.15) is 0 Å². The number of morpholine rings is 1. The van der Waals surface area contributed by atoms with Gasteiger partial charge >= 0.3 is 6.09 Å². The van der Waals surface area contributed by atoms with Gasteiger partial charge in [-0.15, -0.1) is 0 Å². The summed E-state index contributed by atoms with van der Waals surface area (Å²) >= 11 is 0. The van der Waals surface area contributed by atoms with Crippen LogP contribution in [0.4, 0.5) is 4.79 Å². The summed E-state index contributed by atoms with van der Waals surface area (Å²) in [5.41, 5.74) is 1.07. The number of ether oxygens (including phenoxy) is 2. The van der Waals surface area contributed by atoms with E-state index in [1.54, 1.807) is 49.4 Å². The Morgan fingerprint density at radius 3 is 2.53 bits per heavy atom. The lowest BCUT2D eigenvalue weighted by molar-refractivity contribution is -0.129. The molecule has 1 fully saturated rings. The first-order valence-corrected chi connectivity index (χ1v) is 13.9. The largest absolute Gasteiger partial charge is 0.435 e. The predicted octanol–water partition coefficient (Wildman–Crippen LogP) is 1.75. The maximum atomic E-state index is 13.3. The Hall–Kier alpha value is -3.84. The zero-order valence-electron chi connectivity index (χ0n) is 20.7. The molecule has 38 heavy (non-hydrogen) atoms. The van der Waals surface area contributed by atoms with Crippen LogP contribution in [-0.4, -0.2) is 85.3 Å². The van der Waals surface area contributed by atoms with Crippen LogP contribution in [0.5, 0.6) is 0 Å². The maximum Gasteiger partial charge on any atom is 0.410 e. The minimum atomic E-state index is -3.89. The smallest absolute Gasteiger partial charge is 0.410 e. The summed E-state index contributed by atoms with van der Waals surface area (Å²) in [6.45, 7) is 2.73. The number of carbonyl (C=O) groups excluding carboxylic acids is 3. The molecule has 13 heteroatoms. The topological polar surface area (TPSA) is 158 Å². The van der Waals surface area contributed by atoms with Gasteiger partial charge in [-0.05, 0) is 24.1 Å². The highest BCUT2D eigenvalue weighted by molar-refractivity contribution is 7.90. The van der Waals surface area contributed by atoms with Crippen molar-refractivity contribution >= 4 is 38.9 Å². The molecule has 1 aliphatic heterocycles. The molecule has 3 aromatic rings. The second kappa shape index (κ2) is 12.1. The van der Waals surface area contributed by atoms with Crippen molar-refractivity contribution in [3.8, 4) is 0 Å². The summed E-state index contributed by atoms with van der Waals surface area (Å²) in [6.07, 6.45) is -0.877. The summed E-state index contributed by atoms with van der Waals surface area (Å²) in [4.78, 5) is 48.5. The number of nitrogens with one attached hydrogen (secondary N) is 1. The number of nitrogens with zero attached hydrogens (tertiary/aromatic N) is 3. The minimum absolute atomic E-state index is 0.150. The molecule has 12 nitrogen and oxygen atoms in total. The average Bonchev–Trinajstić information content (AvgIpc) is 3.36. The quantitative estimate of drug-likeness (QED) is 0.373. The highest BCUT2D eigenvalue weighted by Gasteiger charge is 2.34. The van der Waals surface area contributed by atoms with Crippen molar-refractivity contribution in [2.75, 3.05) is 32.1 Å². The summed E-state index contributed by atoms with van der Waals surface area (Å²) in [5.74, 6) is -2.90. The SMILES string of the molecule is CC[C@H](NC(=O)[C@@H](CS(=O)(=O)Cc1ccccc1)OC(=O)N1CCOCC1)C(=O)c1nc2ncccc2o1. The van der Waals surface area contributed by atoms with Crippen LogP contribution in [0.1, 0.15) is 29.6 Å². The number of pyridine rings is 1. The Morgan fingerprint density at radius 2 is 1.84 bits per heavy atom. The Kier molecular flexibility index (Phi) is 8.69. The lowest BCUT2D eigenvalue weighted by Gasteiger charge is -2.28. The molecule has 1 N–H and O–H groups in total. The van der Waals surface area contributed by atoms with Gasteiger partial charge in [0.2, 0.25) is 5.78 Å². The zero-order chi connectivity index (χ0) is 27.1. The van der Waals surface area contributed by atoms with Crippen molar-refractivity contribution in [1.82, 2.24) is 20.2 Å². The molecule has 1 aliphatic rings. The summed E-state index contributed by atoms with van der Waals surface area (Å²) < 4.78 is 42.0. The molecule has 0 spiro atoms. The van der Waals surface area contributed by atoms with Crippen molar-refractivity contribution in [1.29, 1.82) is 0 Å². The molecule has 0 unspecified atom stereocenters. The van der Waals surface area contributed by atoms with Crippen molar-refractivity contribution in [3.05, 3.63) is 60.1 Å². The first-order valence-electron chi connectivity index (χ1n) is 12.1. The maximum absolute atomic E-state index is 13.3. The van der Waals surface area contributed by atoms with E-state index >= 15 is 0 Å². The lowest BCUT2D eigenvalue weighted by Crippen LogP contribution is -2.51. The third-order valence-corrected chi connectivity index (χ3v) is 7.44. The lowest BCUT2D eigenvalue weighted by atomic mass is 10.1. The van der Waals surface area contributed by atoms with Crippen LogP contribution < -0.4 is 5.32 Å². The highest BCUT2D eigenvalue weighted by atomic mass is 32.2. The molecule has 2 atom stereocenters. The Balaban J connectivity index is 1.51. The minimum Gasteiger partial charge on any atom is -0.435 e. The summed E-state index contributed by atoms with van der Waals surface area (Å²) in [7, 11) is -3.89. The second-order valence-electron chi connectivity index (χ2n) is 8.69. The van der Waals surface area contributed by atoms with Gasteiger partial charge in [0.15, 0.2) is 27.2 Å². The Bertz CT molecular complexity index is 1350. The van der Waals surface area contributed by atoms with Gasteiger partial charge in [-0.3, -0.25) is 9.59 Å². The van der Waals surface area contributed by atoms with E-state index in [-0.39, 0.29) is 36.8 Å². The molecule has 0 aliphatic carbocycles. The van der Waals surface area contributed by atoms with E-state index in [4.69, 9.17) is 13.9 Å². The number of sulfone groups is 1. The van der Waals surface area contributed by atoms with Crippen LogP contribution in [0.25, 0.3) is 11.2 Å². The van der Waals surface area contributed by atoms with Crippen molar-refractivity contribution in [3.63, 3.8) is 0 Å². The predicted molar refractivity (Wildman–Crippen MR) is 135 cm³/mol. The number of rotatable bonds is 10. The number of amides is 2. The second-order valence-corrected chi connectivity index (χ2v) is 10.8. The fourth-order valence-electron chi connectivity index (χ4n) is 3.86. The molecule has 1 aromatic carbocycles. The molecule has 4 rings (SSSR count). The van der Waals surface area contributed by atoms with Crippen molar-refractivity contribution in [2.45, 2.75) is 31.2 Å². The van der Waals surface area contributed by atoms with Crippen LogP contribution in [-0.2, 0) is 29.9 Å². The summed E-state index contributed by atoms with van der Waals surface area (Å²) in [6, 6.07) is 10.6. The number of hydrogen-bond donors (Lipinski definition) is 1. The monoisotopic (exact) mass is 544 g/mol. The number of fused-ring (bicyclic) bond motifs is 1. The van der Waals surface area contributed by atoms with E-state index < -0.39 is 45.5 Å². The fourth-order valence-corrected chi connectivity index (χ4v) is 5.36. The number of hydrogen-bond acceptors (Lipinski definition) is 10. The van der Waals surface area contributed by atoms with Crippen LogP contribution >= 0.6 is 0 Å². The molecule has 0 bridgehead atoms. The third kappa shape index (κ3) is 6.92. The molecule has 3 heterocycles. The molecule has 0 radical (unpaired) electrons. The van der Waals surface area contributed by atoms with Gasteiger partial charge < -0.3 is 24.1 Å². The Labute approximate surface area is 219 Å². The highest BCUT2D eigenvalue weighted by Crippen LogP contribution is 2.16. The van der Waals surface area contributed by atoms with E-state index in [0.717, 1.165) is 0 Å². The van der Waals surface area contributed by atoms with Crippen LogP contribution in [0, 0.1) is 0 Å². The molecule has 2 aromatic heterocycles. The first-order chi connectivity index (χ1) is 18.3. The third-order valence-electron chi connectivity index (χ3n) is 5.86. The molecular weight excluding hydrogens is 516 g/mol. The van der Waals surface area contributed by atoms with E-state index in [1.165, 1.54) is 11.1 Å². The first kappa shape index (κ1) is 27.2. The van der Waals surface area contributed by atoms with Crippen LogP contribution in [0.2, 0.25) is 0 Å². The van der Waals surface area contributed by atoms with Crippen molar-refractivity contribution < 1.29 is 36.7 Å². The normalized spacial score (nSPS) is 15.6. The molecule has 1 saturated heterocycles. The Morgan fingerprint density at radius 1 is 1.11 bits per heavy atom. The standard InChI is InChI=1S/C25H28N4O8S/c1-2-18(21(30)24-28-22-19(36-24)9-6-10-26-22)27-23(31)20(37-25(32)29-11-13-35-14-12-29)16-38(33,34)15-17-7-4-3-5-8-17/h3-10,18,20H,2,11-16H2,1H3,(H,27,31)/t18-,20+/m0/s1. The van der Waals surface area contributed by atoms with Gasteiger partial charge in [-0.25, -0.2) is 18.2 Å². The van der Waals surface area contributed by atoms with Gasteiger partial charge in [0.05, 0.1) is 30.8 Å². The summed E-state index contributed by atoms with van der Waals surface area (Å²) in [5, 5.41) is 2.51. The van der Waals surface area contributed by atoms with Gasteiger partial charge in [0.25, 0.3) is 11.8 Å². The zero-order valence-corrected chi connectivity index (χ0v) is 21.6. The molecule has 202 valence electrons. The average molecular weight is 545 g/mol. The number of aromatic nitrogens is 2. The van der Waals surface area contributed by atoms with E-state index in [0.29, 0.717) is 24.4 Å². The number of Topliss-reactive ketones (excluding diaryl/α,β-unsaturated/α-hetero) is 1. The van der Waals surface area contributed by atoms with Crippen molar-refractivity contribution in [2.24, 2.45) is 0 Å². The fraction of sp³-hybridized carbons (Fsp3) is 0.400. The number of carbonyl (C=O) groups is 3. The molecule has 2 amide bonds. The van der Waals surface area contributed by atoms with Crippen LogP contribution in [0.15, 0.2) is 53.1 Å². The number of benzene rings is 1. The van der Waals surface area contributed by atoms with Crippen LogP contribution in [0.3, 0.4) is 0 Å². The number of oxazole rings is 1. The van der Waals surface area contributed by atoms with E-state index in [9.17, 15) is 22.8 Å². The van der Waals surface area contributed by atoms with Gasteiger partial charge in [-0.2, -0.15) is 4.98 Å². The van der Waals surface area contributed by atoms with Gasteiger partial charge in [-0.1, -0.05) is 37.3 Å².